The van der Waals surface area contributed by atoms with Crippen LogP contribution in [0.2, 0.25) is 0 Å². The Morgan fingerprint density at radius 1 is 1.08 bits per heavy atom. The number of rotatable bonds is 9. The van der Waals surface area contributed by atoms with Crippen molar-refractivity contribution in [2.75, 3.05) is 6.54 Å². The number of aryl methyl sites for hydroxylation is 2. The molecule has 1 atom stereocenters. The van der Waals surface area contributed by atoms with Crippen LogP contribution in [0.25, 0.3) is 11.1 Å². The predicted octanol–water partition coefficient (Wildman–Crippen LogP) is 8.24. The summed E-state index contributed by atoms with van der Waals surface area (Å²) in [4.78, 5) is 15.7. The molecule has 0 spiro atoms. The maximum atomic E-state index is 12.6. The molecule has 0 saturated carbocycles. The topological polar surface area (TPSA) is 104 Å². The van der Waals surface area contributed by atoms with Crippen LogP contribution in [0.1, 0.15) is 77.5 Å². The molecule has 4 N–H and O–H groups in total. The van der Waals surface area contributed by atoms with Crippen LogP contribution in [0, 0.1) is 25.3 Å². The van der Waals surface area contributed by atoms with Crippen LogP contribution < -0.4 is 11.2 Å². The van der Waals surface area contributed by atoms with Crippen LogP contribution in [0.3, 0.4) is 0 Å². The summed E-state index contributed by atoms with van der Waals surface area (Å²) in [5.74, 6) is 5.55. The van der Waals surface area contributed by atoms with Crippen LogP contribution in [-0.4, -0.2) is 18.3 Å². The summed E-state index contributed by atoms with van der Waals surface area (Å²) in [6, 6.07) is 17.5. The maximum absolute atomic E-state index is 12.6. The number of thiophene rings is 1. The van der Waals surface area contributed by atoms with E-state index in [1.807, 2.05) is 17.8 Å². The average Bonchev–Trinajstić information content (AvgIpc) is 3.34. The van der Waals surface area contributed by atoms with Gasteiger partial charge in [0.15, 0.2) is 5.84 Å². The van der Waals surface area contributed by atoms with Crippen LogP contribution in [0.4, 0.5) is 0 Å². The van der Waals surface area contributed by atoms with E-state index in [4.69, 9.17) is 11.4 Å². The van der Waals surface area contributed by atoms with Gasteiger partial charge in [0, 0.05) is 15.0 Å². The number of nitrogens with one attached hydrogen (secondary N) is 2. The summed E-state index contributed by atoms with van der Waals surface area (Å²) in [6.45, 7) is 15.6. The van der Waals surface area contributed by atoms with E-state index in [1.165, 1.54) is 48.9 Å². The standard InChI is InChI=1S/C30H39N5OS2/c1-18(2)14-26(24-12-13-25(38-24)29(36)33-17-27(34-31)35-32)37-23-15-19(3)28(20(4)16-23)21-8-10-22(11-9-21)30(5,6)7/h8-13,15-16,18,26,31H,14,17,32H2,1-7H3,(H,33,36)/b34-31?,35-27-. The molecule has 0 fully saturated rings. The minimum Gasteiger partial charge on any atom is -0.344 e. The monoisotopic (exact) mass is 549 g/mol. The zero-order valence-electron chi connectivity index (χ0n) is 23.4. The molecule has 0 saturated heterocycles. The lowest BCUT2D eigenvalue weighted by Gasteiger charge is -2.21. The lowest BCUT2D eigenvalue weighted by atomic mass is 9.85. The summed E-state index contributed by atoms with van der Waals surface area (Å²) in [5, 5.41) is 9.55. The van der Waals surface area contributed by atoms with Gasteiger partial charge >= 0.3 is 0 Å². The summed E-state index contributed by atoms with van der Waals surface area (Å²) in [7, 11) is 0. The second kappa shape index (κ2) is 12.7. The van der Waals surface area contributed by atoms with E-state index in [0.29, 0.717) is 10.8 Å². The third kappa shape index (κ3) is 7.54. The number of benzene rings is 2. The molecule has 38 heavy (non-hydrogen) atoms. The van der Waals surface area contributed by atoms with Gasteiger partial charge in [-0.3, -0.25) is 4.79 Å². The minimum atomic E-state index is -0.215. The Labute approximate surface area is 235 Å². The van der Waals surface area contributed by atoms with Crippen LogP contribution in [0.15, 0.2) is 63.6 Å². The summed E-state index contributed by atoms with van der Waals surface area (Å²) < 4.78 is 0. The van der Waals surface area contributed by atoms with E-state index in [9.17, 15) is 4.79 Å². The molecule has 1 unspecified atom stereocenters. The molecule has 1 amide bonds. The van der Waals surface area contributed by atoms with Gasteiger partial charge in [-0.1, -0.05) is 58.9 Å². The number of nitrogens with two attached hydrogens (primary N) is 1. The largest absolute Gasteiger partial charge is 0.344 e. The fourth-order valence-corrected chi connectivity index (χ4v) is 7.11. The molecule has 1 heterocycles. The molecule has 8 heteroatoms. The number of thioether (sulfide) groups is 1. The second-order valence-corrected chi connectivity index (χ2v) is 13.4. The van der Waals surface area contributed by atoms with E-state index in [2.05, 4.69) is 106 Å². The first-order valence-corrected chi connectivity index (χ1v) is 14.5. The second-order valence-electron chi connectivity index (χ2n) is 11.0. The molecular formula is C30H39N5OS2. The number of nitrogens with zero attached hydrogens (tertiary/aromatic N) is 2. The van der Waals surface area contributed by atoms with Crippen molar-refractivity contribution in [3.8, 4) is 11.1 Å². The van der Waals surface area contributed by atoms with Crippen molar-refractivity contribution in [1.82, 2.24) is 5.32 Å². The highest BCUT2D eigenvalue weighted by Gasteiger charge is 2.21. The third-order valence-corrected chi connectivity index (χ3v) is 8.95. The molecule has 6 nitrogen and oxygen atoms in total. The van der Waals surface area contributed by atoms with Gasteiger partial charge in [0.2, 0.25) is 0 Å². The Morgan fingerprint density at radius 2 is 1.71 bits per heavy atom. The zero-order valence-corrected chi connectivity index (χ0v) is 25.0. The van der Waals surface area contributed by atoms with Gasteiger partial charge < -0.3 is 11.2 Å². The highest BCUT2D eigenvalue weighted by molar-refractivity contribution is 7.99. The van der Waals surface area contributed by atoms with Gasteiger partial charge in [-0.2, -0.15) is 5.10 Å². The fraction of sp³-hybridized carbons (Fsp3) is 0.400. The SMILES string of the molecule is Cc1cc(SC(CC(C)C)c2ccc(C(=O)NC/C(N=N)=N/N)s2)cc(C)c1-c1ccc(C(C)(C)C)cc1. The number of carbonyl (C=O) groups is 1. The normalized spacial score (nSPS) is 13.0. The maximum Gasteiger partial charge on any atom is 0.261 e. The van der Waals surface area contributed by atoms with Crippen molar-refractivity contribution >= 4 is 34.8 Å². The first kappa shape index (κ1) is 29.6. The Kier molecular flexibility index (Phi) is 9.90. The first-order valence-electron chi connectivity index (χ1n) is 12.8. The zero-order chi connectivity index (χ0) is 28.0. The van der Waals surface area contributed by atoms with Gasteiger partial charge in [0.25, 0.3) is 5.91 Å². The third-order valence-electron chi connectivity index (χ3n) is 6.36. The molecule has 202 valence electrons. The molecule has 0 aliphatic rings. The molecule has 0 radical (unpaired) electrons. The number of carbonyl (C=O) groups excluding carboxylic acids is 1. The summed E-state index contributed by atoms with van der Waals surface area (Å²) in [6.07, 6.45) is 1.00. The van der Waals surface area contributed by atoms with E-state index >= 15 is 0 Å². The van der Waals surface area contributed by atoms with Gasteiger partial charge in [-0.25, -0.2) is 5.53 Å². The van der Waals surface area contributed by atoms with Gasteiger partial charge in [-0.15, -0.1) is 28.2 Å². The van der Waals surface area contributed by atoms with E-state index in [-0.39, 0.29) is 29.0 Å². The summed E-state index contributed by atoms with van der Waals surface area (Å²) in [5.41, 5.74) is 13.6. The van der Waals surface area contributed by atoms with Gasteiger partial charge in [-0.05, 0) is 83.7 Å². The highest BCUT2D eigenvalue weighted by atomic mass is 32.2. The average molecular weight is 550 g/mol. The van der Waals surface area contributed by atoms with E-state index in [1.54, 1.807) is 0 Å². The number of hydrogen-bond acceptors (Lipinski definition) is 6. The molecule has 3 rings (SSSR count). The highest BCUT2D eigenvalue weighted by Crippen LogP contribution is 2.44. The van der Waals surface area contributed by atoms with Crippen LogP contribution >= 0.6 is 23.1 Å². The molecule has 1 aromatic heterocycles. The van der Waals surface area contributed by atoms with Crippen LogP contribution in [0.5, 0.6) is 0 Å². The van der Waals surface area contributed by atoms with Crippen molar-refractivity contribution in [2.45, 2.75) is 70.4 Å². The first-order chi connectivity index (χ1) is 17.9. The number of hydrogen-bond donors (Lipinski definition) is 3. The molecule has 0 aliphatic heterocycles. The number of hydrazone groups is 1. The molecule has 0 aliphatic carbocycles. The Balaban J connectivity index is 1.82. The van der Waals surface area contributed by atoms with Crippen molar-refractivity contribution in [3.63, 3.8) is 0 Å². The minimum absolute atomic E-state index is 0.0279. The Bertz CT molecular complexity index is 1280. The lowest BCUT2D eigenvalue weighted by molar-refractivity contribution is 0.0963. The fourth-order valence-electron chi connectivity index (χ4n) is 4.41. The number of amidine groups is 1. The van der Waals surface area contributed by atoms with E-state index in [0.717, 1.165) is 6.42 Å². The van der Waals surface area contributed by atoms with Crippen molar-refractivity contribution < 1.29 is 4.79 Å². The number of amides is 1. The lowest BCUT2D eigenvalue weighted by Crippen LogP contribution is -2.28. The summed E-state index contributed by atoms with van der Waals surface area (Å²) >= 11 is 3.37. The van der Waals surface area contributed by atoms with E-state index < -0.39 is 0 Å². The molecule has 2 aromatic carbocycles. The molecule has 0 bridgehead atoms. The quantitative estimate of drug-likeness (QED) is 0.0625. The van der Waals surface area contributed by atoms with Crippen molar-refractivity contribution in [3.05, 3.63) is 75.0 Å². The van der Waals surface area contributed by atoms with Crippen LogP contribution in [-0.2, 0) is 5.41 Å². The predicted molar refractivity (Wildman–Crippen MR) is 162 cm³/mol. The molecular weight excluding hydrogens is 510 g/mol. The Hall–Kier alpha value is -2.97. The smallest absolute Gasteiger partial charge is 0.261 e. The van der Waals surface area contributed by atoms with Gasteiger partial charge in [0.1, 0.15) is 0 Å². The van der Waals surface area contributed by atoms with Crippen molar-refractivity contribution in [2.24, 2.45) is 22.0 Å². The Morgan fingerprint density at radius 3 is 2.24 bits per heavy atom. The van der Waals surface area contributed by atoms with Gasteiger partial charge in [0.05, 0.1) is 11.4 Å². The molecule has 3 aromatic rings. The van der Waals surface area contributed by atoms with Crippen molar-refractivity contribution in [1.29, 1.82) is 5.53 Å².